The molecule has 0 saturated carbocycles. The predicted molar refractivity (Wildman–Crippen MR) is 48.1 cm³/mol. The van der Waals surface area contributed by atoms with Crippen LogP contribution in [-0.2, 0) is 13.0 Å². The van der Waals surface area contributed by atoms with Crippen molar-refractivity contribution >= 4 is 0 Å². The Labute approximate surface area is 93.6 Å². The molecule has 1 rings (SSSR count). The zero-order chi connectivity index (χ0) is 13.1. The van der Waals surface area contributed by atoms with Gasteiger partial charge in [0.05, 0.1) is 18.1 Å². The van der Waals surface area contributed by atoms with Crippen LogP contribution in [0.25, 0.3) is 0 Å². The summed E-state index contributed by atoms with van der Waals surface area (Å²) < 4.78 is 53.0. The number of nitriles is 1. The molecule has 8 heteroatoms. The number of hydrogen-bond donors (Lipinski definition) is 1. The first-order valence-electron chi connectivity index (χ1n) is 4.38. The van der Waals surface area contributed by atoms with Crippen molar-refractivity contribution in [3.63, 3.8) is 0 Å². The second kappa shape index (κ2) is 4.97. The number of halogens is 4. The van der Waals surface area contributed by atoms with Gasteiger partial charge in [0.25, 0.3) is 0 Å². The maximum atomic E-state index is 13.6. The summed E-state index contributed by atoms with van der Waals surface area (Å²) in [6.45, 7) is -0.510. The molecule has 0 aliphatic carbocycles. The van der Waals surface area contributed by atoms with Gasteiger partial charge in [-0.3, -0.25) is 0 Å². The minimum Gasteiger partial charge on any atom is -0.387 e. The lowest BCUT2D eigenvalue weighted by Crippen LogP contribution is -2.20. The summed E-state index contributed by atoms with van der Waals surface area (Å²) in [5.41, 5.74) is 4.50. The molecule has 0 radical (unpaired) electrons. The average molecular weight is 249 g/mol. The van der Waals surface area contributed by atoms with Crippen LogP contribution in [0.3, 0.4) is 0 Å². The fourth-order valence-electron chi connectivity index (χ4n) is 1.14. The van der Waals surface area contributed by atoms with Gasteiger partial charge in [0.2, 0.25) is 5.88 Å². The molecule has 0 amide bonds. The van der Waals surface area contributed by atoms with Gasteiger partial charge < -0.3 is 10.5 Å². The Kier molecular flexibility index (Phi) is 3.85. The molecule has 1 aromatic rings. The van der Waals surface area contributed by atoms with Gasteiger partial charge in [0, 0.05) is 18.3 Å². The summed E-state index contributed by atoms with van der Waals surface area (Å²) in [5, 5.41) is 8.38. The highest BCUT2D eigenvalue weighted by atomic mass is 19.4. The summed E-state index contributed by atoms with van der Waals surface area (Å²) in [7, 11) is 0. The Balaban J connectivity index is 3.17. The van der Waals surface area contributed by atoms with Crippen molar-refractivity contribution in [1.29, 1.82) is 5.26 Å². The second-order valence-electron chi connectivity index (χ2n) is 2.97. The van der Waals surface area contributed by atoms with Crippen molar-refractivity contribution in [3.8, 4) is 11.9 Å². The molecule has 17 heavy (non-hydrogen) atoms. The Morgan fingerprint density at radius 1 is 1.47 bits per heavy atom. The van der Waals surface area contributed by atoms with Crippen molar-refractivity contribution in [2.24, 2.45) is 5.73 Å². The molecule has 1 heterocycles. The number of pyridine rings is 1. The fourth-order valence-corrected chi connectivity index (χ4v) is 1.14. The highest BCUT2D eigenvalue weighted by Gasteiger charge is 2.33. The largest absolute Gasteiger partial charge is 0.574 e. The quantitative estimate of drug-likeness (QED) is 0.826. The predicted octanol–water partition coefficient (Wildman–Crippen LogP) is 1.64. The van der Waals surface area contributed by atoms with E-state index >= 15 is 0 Å². The first-order valence-corrected chi connectivity index (χ1v) is 4.38. The molecule has 0 saturated heterocycles. The third-order valence-electron chi connectivity index (χ3n) is 1.83. The smallest absolute Gasteiger partial charge is 0.387 e. The van der Waals surface area contributed by atoms with Crippen molar-refractivity contribution in [2.75, 3.05) is 0 Å². The summed E-state index contributed by atoms with van der Waals surface area (Å²) in [6.07, 6.45) is -4.46. The molecule has 92 valence electrons. The maximum Gasteiger partial charge on any atom is 0.574 e. The summed E-state index contributed by atoms with van der Waals surface area (Å²) in [4.78, 5) is 3.30. The summed E-state index contributed by atoms with van der Waals surface area (Å²) in [6, 6.07) is 1.66. The molecule has 0 aromatic carbocycles. The van der Waals surface area contributed by atoms with E-state index in [9.17, 15) is 17.6 Å². The third-order valence-corrected chi connectivity index (χ3v) is 1.83. The lowest BCUT2D eigenvalue weighted by atomic mass is 10.1. The van der Waals surface area contributed by atoms with Crippen LogP contribution in [0.1, 0.15) is 11.1 Å². The van der Waals surface area contributed by atoms with Crippen LogP contribution in [0.5, 0.6) is 5.88 Å². The average Bonchev–Trinajstić information content (AvgIpc) is 2.21. The van der Waals surface area contributed by atoms with Gasteiger partial charge in [-0.1, -0.05) is 0 Å². The molecule has 0 fully saturated rings. The van der Waals surface area contributed by atoms with Crippen LogP contribution in [0.2, 0.25) is 0 Å². The van der Waals surface area contributed by atoms with Gasteiger partial charge in [-0.15, -0.1) is 13.2 Å². The molecule has 0 unspecified atom stereocenters. The molecular formula is C9H7F4N3O. The van der Waals surface area contributed by atoms with Crippen LogP contribution in [-0.4, -0.2) is 11.3 Å². The highest BCUT2D eigenvalue weighted by molar-refractivity contribution is 5.33. The van der Waals surface area contributed by atoms with Crippen molar-refractivity contribution < 1.29 is 22.3 Å². The number of aromatic nitrogens is 1. The molecule has 4 nitrogen and oxygen atoms in total. The highest BCUT2D eigenvalue weighted by Crippen LogP contribution is 2.27. The Morgan fingerprint density at radius 2 is 2.12 bits per heavy atom. The van der Waals surface area contributed by atoms with Crippen molar-refractivity contribution in [3.05, 3.63) is 23.1 Å². The van der Waals surface area contributed by atoms with E-state index in [4.69, 9.17) is 11.0 Å². The number of rotatable bonds is 3. The number of alkyl halides is 3. The fraction of sp³-hybridized carbons (Fsp3) is 0.333. The SMILES string of the molecule is N#CCc1cnc(OC(F)(F)F)c(CN)c1F. The van der Waals surface area contributed by atoms with E-state index in [0.29, 0.717) is 0 Å². The van der Waals surface area contributed by atoms with E-state index in [0.717, 1.165) is 6.20 Å². The monoisotopic (exact) mass is 249 g/mol. The molecule has 0 aliphatic rings. The number of hydrogen-bond acceptors (Lipinski definition) is 4. The minimum atomic E-state index is -4.97. The Bertz CT molecular complexity index is 453. The first-order chi connectivity index (χ1) is 7.89. The molecule has 1 aromatic heterocycles. The zero-order valence-electron chi connectivity index (χ0n) is 8.38. The van der Waals surface area contributed by atoms with Gasteiger partial charge in [-0.05, 0) is 0 Å². The van der Waals surface area contributed by atoms with E-state index in [1.807, 2.05) is 0 Å². The van der Waals surface area contributed by atoms with Crippen LogP contribution >= 0.6 is 0 Å². The van der Waals surface area contributed by atoms with E-state index < -0.39 is 30.2 Å². The van der Waals surface area contributed by atoms with Gasteiger partial charge in [0.1, 0.15) is 5.82 Å². The number of nitrogens with zero attached hydrogens (tertiary/aromatic N) is 2. The topological polar surface area (TPSA) is 71.9 Å². The molecule has 0 aliphatic heterocycles. The van der Waals surface area contributed by atoms with E-state index in [1.165, 1.54) is 0 Å². The Morgan fingerprint density at radius 3 is 2.59 bits per heavy atom. The minimum absolute atomic E-state index is 0.123. The van der Waals surface area contributed by atoms with Gasteiger partial charge in [-0.25, -0.2) is 9.37 Å². The Hall–Kier alpha value is -1.88. The molecule has 0 spiro atoms. The van der Waals surface area contributed by atoms with Gasteiger partial charge in [-0.2, -0.15) is 5.26 Å². The summed E-state index contributed by atoms with van der Waals surface area (Å²) in [5.74, 6) is -1.93. The third kappa shape index (κ3) is 3.29. The van der Waals surface area contributed by atoms with E-state index in [-0.39, 0.29) is 12.0 Å². The first kappa shape index (κ1) is 13.2. The van der Waals surface area contributed by atoms with E-state index in [2.05, 4.69) is 9.72 Å². The number of ether oxygens (including phenoxy) is 1. The van der Waals surface area contributed by atoms with Crippen LogP contribution in [0.15, 0.2) is 6.20 Å². The zero-order valence-corrected chi connectivity index (χ0v) is 8.38. The second-order valence-corrected chi connectivity index (χ2v) is 2.97. The normalized spacial score (nSPS) is 11.1. The lowest BCUT2D eigenvalue weighted by molar-refractivity contribution is -0.276. The van der Waals surface area contributed by atoms with Crippen LogP contribution in [0.4, 0.5) is 17.6 Å². The summed E-state index contributed by atoms with van der Waals surface area (Å²) >= 11 is 0. The molecule has 0 bridgehead atoms. The van der Waals surface area contributed by atoms with Crippen molar-refractivity contribution in [2.45, 2.75) is 19.3 Å². The van der Waals surface area contributed by atoms with Gasteiger partial charge >= 0.3 is 6.36 Å². The van der Waals surface area contributed by atoms with Crippen LogP contribution < -0.4 is 10.5 Å². The maximum absolute atomic E-state index is 13.6. The molecule has 2 N–H and O–H groups in total. The van der Waals surface area contributed by atoms with Crippen molar-refractivity contribution in [1.82, 2.24) is 4.98 Å². The van der Waals surface area contributed by atoms with E-state index in [1.54, 1.807) is 6.07 Å². The van der Waals surface area contributed by atoms with Crippen LogP contribution in [0, 0.1) is 17.1 Å². The lowest BCUT2D eigenvalue weighted by Gasteiger charge is -2.12. The molecular weight excluding hydrogens is 242 g/mol. The molecule has 0 atom stereocenters. The van der Waals surface area contributed by atoms with Gasteiger partial charge in [0.15, 0.2) is 0 Å². The number of nitrogens with two attached hydrogens (primary N) is 1. The standard InChI is InChI=1S/C9H7F4N3O/c10-7-5(1-2-14)4-16-8(6(7)3-15)17-9(11,12)13/h4H,1,3,15H2.